The smallest absolute Gasteiger partial charge is 0.327 e. The van der Waals surface area contributed by atoms with Crippen molar-refractivity contribution in [3.8, 4) is 0 Å². The molecule has 0 aromatic carbocycles. The van der Waals surface area contributed by atoms with Crippen LogP contribution in [-0.4, -0.2) is 64.7 Å². The number of rotatable bonds is 2. The third kappa shape index (κ3) is 2.41. The van der Waals surface area contributed by atoms with Crippen LogP contribution in [0.15, 0.2) is 0 Å². The first-order valence-electron chi connectivity index (χ1n) is 5.53. The molecule has 1 amide bonds. The first kappa shape index (κ1) is 12.7. The van der Waals surface area contributed by atoms with E-state index in [1.165, 1.54) is 4.90 Å². The molecule has 2 aliphatic heterocycles. The molecule has 0 bridgehead atoms. The Bertz CT molecular complexity index is 330. The molecule has 2 rings (SSSR count). The minimum absolute atomic E-state index is 0.182. The first-order chi connectivity index (χ1) is 8.04. The van der Waals surface area contributed by atoms with E-state index in [1.807, 2.05) is 0 Å². The number of carbonyl (C=O) groups is 2. The van der Waals surface area contributed by atoms with Gasteiger partial charge < -0.3 is 20.5 Å². The molecule has 0 spiro atoms. The van der Waals surface area contributed by atoms with Crippen molar-refractivity contribution in [1.29, 1.82) is 0 Å². The van der Waals surface area contributed by atoms with E-state index < -0.39 is 17.6 Å². The number of carbonyl (C=O) groups excluding carboxylic acids is 1. The molecule has 7 heteroatoms. The Balaban J connectivity index is 2.13. The molecule has 3 N–H and O–H groups in total. The van der Waals surface area contributed by atoms with E-state index in [-0.39, 0.29) is 12.5 Å². The Labute approximate surface area is 103 Å². The van der Waals surface area contributed by atoms with Crippen LogP contribution in [-0.2, 0) is 14.3 Å². The number of nitrogens with zero attached hydrogens (tertiary/aromatic N) is 1. The highest BCUT2D eigenvalue weighted by Gasteiger charge is 2.45. The van der Waals surface area contributed by atoms with E-state index >= 15 is 0 Å². The van der Waals surface area contributed by atoms with Gasteiger partial charge in [0.2, 0.25) is 5.91 Å². The number of nitrogens with two attached hydrogens (primary N) is 1. The molecule has 0 saturated carbocycles. The standard InChI is InChI=1S/C10H16N2O4S/c11-10(1-3-16-6-10)9(15)12-2-4-17-5-7(12)8(13)14/h7H,1-6,11H2,(H,13,14). The molecule has 0 aromatic rings. The van der Waals surface area contributed by atoms with Crippen LogP contribution in [0.2, 0.25) is 0 Å². The van der Waals surface area contributed by atoms with Gasteiger partial charge in [0.25, 0.3) is 0 Å². The fourth-order valence-corrected chi connectivity index (χ4v) is 3.13. The van der Waals surface area contributed by atoms with Crippen LogP contribution in [0.1, 0.15) is 6.42 Å². The molecule has 0 aromatic heterocycles. The van der Waals surface area contributed by atoms with E-state index in [0.29, 0.717) is 25.3 Å². The van der Waals surface area contributed by atoms with Crippen LogP contribution in [0.5, 0.6) is 0 Å². The fourth-order valence-electron chi connectivity index (χ4n) is 2.09. The monoisotopic (exact) mass is 260 g/mol. The molecule has 2 heterocycles. The molecule has 17 heavy (non-hydrogen) atoms. The zero-order valence-electron chi connectivity index (χ0n) is 9.42. The summed E-state index contributed by atoms with van der Waals surface area (Å²) in [7, 11) is 0. The third-order valence-electron chi connectivity index (χ3n) is 3.15. The lowest BCUT2D eigenvalue weighted by Crippen LogP contribution is -2.61. The van der Waals surface area contributed by atoms with Crippen LogP contribution in [0, 0.1) is 0 Å². The van der Waals surface area contributed by atoms with Crippen molar-refractivity contribution in [3.05, 3.63) is 0 Å². The lowest BCUT2D eigenvalue weighted by molar-refractivity contribution is -0.151. The lowest BCUT2D eigenvalue weighted by atomic mass is 9.97. The Morgan fingerprint density at radius 2 is 2.29 bits per heavy atom. The number of hydrogen-bond acceptors (Lipinski definition) is 5. The molecule has 2 unspecified atom stereocenters. The summed E-state index contributed by atoms with van der Waals surface area (Å²) in [4.78, 5) is 24.8. The van der Waals surface area contributed by atoms with Gasteiger partial charge in [0, 0.05) is 24.7 Å². The van der Waals surface area contributed by atoms with Crippen molar-refractivity contribution in [2.24, 2.45) is 5.73 Å². The van der Waals surface area contributed by atoms with Gasteiger partial charge in [-0.15, -0.1) is 0 Å². The van der Waals surface area contributed by atoms with Crippen molar-refractivity contribution in [2.75, 3.05) is 31.3 Å². The van der Waals surface area contributed by atoms with Gasteiger partial charge in [-0.3, -0.25) is 4.79 Å². The van der Waals surface area contributed by atoms with Crippen molar-refractivity contribution in [1.82, 2.24) is 4.90 Å². The van der Waals surface area contributed by atoms with Crippen molar-refractivity contribution in [2.45, 2.75) is 18.0 Å². The van der Waals surface area contributed by atoms with Crippen LogP contribution in [0.25, 0.3) is 0 Å². The van der Waals surface area contributed by atoms with Gasteiger partial charge in [0.15, 0.2) is 0 Å². The quantitative estimate of drug-likeness (QED) is 0.670. The molecular formula is C10H16N2O4S. The van der Waals surface area contributed by atoms with Gasteiger partial charge in [-0.25, -0.2) is 4.79 Å². The number of amides is 1. The molecular weight excluding hydrogens is 244 g/mol. The van der Waals surface area contributed by atoms with Crippen LogP contribution >= 0.6 is 11.8 Å². The minimum atomic E-state index is -1.03. The van der Waals surface area contributed by atoms with E-state index in [0.717, 1.165) is 5.75 Å². The number of carboxylic acids is 1. The van der Waals surface area contributed by atoms with Gasteiger partial charge in [0.05, 0.1) is 6.61 Å². The number of carboxylic acid groups (broad SMARTS) is 1. The van der Waals surface area contributed by atoms with Crippen LogP contribution < -0.4 is 5.73 Å². The fraction of sp³-hybridized carbons (Fsp3) is 0.800. The molecule has 0 radical (unpaired) electrons. The van der Waals surface area contributed by atoms with Crippen molar-refractivity contribution >= 4 is 23.6 Å². The summed E-state index contributed by atoms with van der Waals surface area (Å²) in [6, 6.07) is -0.762. The summed E-state index contributed by atoms with van der Waals surface area (Å²) >= 11 is 1.55. The number of aliphatic carboxylic acids is 1. The van der Waals surface area contributed by atoms with Gasteiger partial charge in [-0.2, -0.15) is 11.8 Å². The van der Waals surface area contributed by atoms with Gasteiger partial charge in [-0.1, -0.05) is 0 Å². The number of thioether (sulfide) groups is 1. The highest BCUT2D eigenvalue weighted by atomic mass is 32.2. The normalized spacial score (nSPS) is 33.7. The molecule has 2 fully saturated rings. The average Bonchev–Trinajstić information content (AvgIpc) is 2.76. The second-order valence-electron chi connectivity index (χ2n) is 4.39. The van der Waals surface area contributed by atoms with Crippen LogP contribution in [0.4, 0.5) is 0 Å². The topological polar surface area (TPSA) is 92.9 Å². The summed E-state index contributed by atoms with van der Waals surface area (Å²) in [6.07, 6.45) is 0.460. The number of hydrogen-bond donors (Lipinski definition) is 2. The zero-order valence-corrected chi connectivity index (χ0v) is 10.2. The summed E-state index contributed by atoms with van der Waals surface area (Å²) in [5, 5.41) is 9.11. The Hall–Kier alpha value is -0.790. The predicted octanol–water partition coefficient (Wildman–Crippen LogP) is -0.867. The van der Waals surface area contributed by atoms with Crippen LogP contribution in [0.3, 0.4) is 0 Å². The van der Waals surface area contributed by atoms with Crippen molar-refractivity contribution < 1.29 is 19.4 Å². The van der Waals surface area contributed by atoms with E-state index in [2.05, 4.69) is 0 Å². The van der Waals surface area contributed by atoms with E-state index in [4.69, 9.17) is 15.6 Å². The molecule has 2 atom stereocenters. The molecule has 2 aliphatic rings. The average molecular weight is 260 g/mol. The van der Waals surface area contributed by atoms with E-state index in [9.17, 15) is 9.59 Å². The largest absolute Gasteiger partial charge is 0.480 e. The predicted molar refractivity (Wildman–Crippen MR) is 62.8 cm³/mol. The summed E-state index contributed by atoms with van der Waals surface area (Å²) in [5.74, 6) is -0.0689. The SMILES string of the molecule is NC1(C(=O)N2CCSCC2C(=O)O)CCOC1. The Kier molecular flexibility index (Phi) is 3.60. The Morgan fingerprint density at radius 1 is 1.53 bits per heavy atom. The molecule has 6 nitrogen and oxygen atoms in total. The second-order valence-corrected chi connectivity index (χ2v) is 5.54. The maximum absolute atomic E-state index is 12.3. The van der Waals surface area contributed by atoms with Gasteiger partial charge >= 0.3 is 5.97 Å². The number of ether oxygens (including phenoxy) is 1. The minimum Gasteiger partial charge on any atom is -0.480 e. The Morgan fingerprint density at radius 3 is 2.88 bits per heavy atom. The maximum atomic E-state index is 12.3. The lowest BCUT2D eigenvalue weighted by Gasteiger charge is -2.37. The highest BCUT2D eigenvalue weighted by Crippen LogP contribution is 2.24. The summed E-state index contributed by atoms with van der Waals surface area (Å²) < 4.78 is 5.14. The molecule has 96 valence electrons. The summed E-state index contributed by atoms with van der Waals surface area (Å²) in [6.45, 7) is 1.09. The first-order valence-corrected chi connectivity index (χ1v) is 6.68. The maximum Gasteiger partial charge on any atom is 0.327 e. The third-order valence-corrected chi connectivity index (χ3v) is 4.18. The van der Waals surface area contributed by atoms with E-state index in [1.54, 1.807) is 11.8 Å². The zero-order chi connectivity index (χ0) is 12.5. The van der Waals surface area contributed by atoms with Gasteiger partial charge in [0.1, 0.15) is 11.6 Å². The van der Waals surface area contributed by atoms with Crippen molar-refractivity contribution in [3.63, 3.8) is 0 Å². The molecule has 0 aliphatic carbocycles. The van der Waals surface area contributed by atoms with Gasteiger partial charge in [-0.05, 0) is 6.42 Å². The summed E-state index contributed by atoms with van der Waals surface area (Å²) in [5.41, 5.74) is 4.95. The highest BCUT2D eigenvalue weighted by molar-refractivity contribution is 7.99. The second kappa shape index (κ2) is 4.83. The molecule has 2 saturated heterocycles.